The number of benzene rings is 1. The predicted molar refractivity (Wildman–Crippen MR) is 58.8 cm³/mol. The molecular formula is C11H12N2O. The number of carbonyl (C=O) groups is 1. The lowest BCUT2D eigenvalue weighted by molar-refractivity contribution is 0.256. The molecule has 0 bridgehead atoms. The summed E-state index contributed by atoms with van der Waals surface area (Å²) in [6, 6.07) is 6.71. The fraction of sp³-hybridized carbons (Fsp3) is 0. The normalized spacial score (nSPS) is 9.14. The van der Waals surface area contributed by atoms with E-state index in [1.807, 2.05) is 12.1 Å². The summed E-state index contributed by atoms with van der Waals surface area (Å²) in [5.74, 6) is 0. The van der Waals surface area contributed by atoms with E-state index in [1.165, 1.54) is 11.1 Å². The predicted octanol–water partition coefficient (Wildman–Crippen LogP) is 2.36. The van der Waals surface area contributed by atoms with E-state index in [9.17, 15) is 4.79 Å². The number of nitrogens with zero attached hydrogens (tertiary/aromatic N) is 1. The molecule has 0 spiro atoms. The van der Waals surface area contributed by atoms with Crippen molar-refractivity contribution in [1.82, 2.24) is 0 Å². The molecule has 72 valence electrons. The van der Waals surface area contributed by atoms with Crippen molar-refractivity contribution in [1.29, 1.82) is 0 Å². The fourth-order valence-corrected chi connectivity index (χ4v) is 1.09. The highest BCUT2D eigenvalue weighted by Gasteiger charge is 2.06. The second-order valence-corrected chi connectivity index (χ2v) is 2.69. The quantitative estimate of drug-likeness (QED) is 0.777. The zero-order valence-corrected chi connectivity index (χ0v) is 7.81. The highest BCUT2D eigenvalue weighted by atomic mass is 16.2. The van der Waals surface area contributed by atoms with Crippen LogP contribution in [-0.4, -0.2) is 6.03 Å². The van der Waals surface area contributed by atoms with Crippen molar-refractivity contribution >= 4 is 17.8 Å². The summed E-state index contributed by atoms with van der Waals surface area (Å²) in [4.78, 5) is 12.2. The number of carbonyl (C=O) groups excluding carboxylic acids is 1. The molecule has 0 saturated carbocycles. The van der Waals surface area contributed by atoms with E-state index < -0.39 is 6.03 Å². The SMILES string of the molecule is C=Cc1ccc(N(C=C)C(N)=O)cc1. The molecule has 1 aromatic carbocycles. The smallest absolute Gasteiger partial charge is 0.323 e. The van der Waals surface area contributed by atoms with E-state index in [-0.39, 0.29) is 0 Å². The molecular weight excluding hydrogens is 176 g/mol. The third-order valence-corrected chi connectivity index (χ3v) is 1.83. The van der Waals surface area contributed by atoms with E-state index in [0.717, 1.165) is 5.56 Å². The Morgan fingerprint density at radius 1 is 1.29 bits per heavy atom. The fourth-order valence-electron chi connectivity index (χ4n) is 1.09. The average molecular weight is 188 g/mol. The standard InChI is InChI=1S/C11H12N2O/c1-3-9-5-7-10(8-6-9)13(4-2)11(12)14/h3-8H,1-2H2,(H2,12,14). The van der Waals surface area contributed by atoms with Gasteiger partial charge < -0.3 is 5.73 Å². The van der Waals surface area contributed by atoms with Crippen LogP contribution in [0.15, 0.2) is 43.6 Å². The minimum Gasteiger partial charge on any atom is -0.351 e. The molecule has 0 fully saturated rings. The lowest BCUT2D eigenvalue weighted by Gasteiger charge is -2.14. The number of anilines is 1. The van der Waals surface area contributed by atoms with Crippen molar-refractivity contribution in [3.05, 3.63) is 49.2 Å². The molecule has 0 unspecified atom stereocenters. The second kappa shape index (κ2) is 4.28. The van der Waals surface area contributed by atoms with Gasteiger partial charge in [0.25, 0.3) is 0 Å². The van der Waals surface area contributed by atoms with Crippen LogP contribution in [0, 0.1) is 0 Å². The first-order chi connectivity index (χ1) is 6.69. The molecule has 1 aromatic rings. The van der Waals surface area contributed by atoms with Crippen LogP contribution < -0.4 is 10.6 Å². The Labute approximate surface area is 83.1 Å². The van der Waals surface area contributed by atoms with E-state index in [2.05, 4.69) is 13.2 Å². The van der Waals surface area contributed by atoms with Crippen LogP contribution in [0.3, 0.4) is 0 Å². The molecule has 0 radical (unpaired) electrons. The minimum atomic E-state index is -0.550. The lowest BCUT2D eigenvalue weighted by Crippen LogP contribution is -2.30. The van der Waals surface area contributed by atoms with Crippen LogP contribution in [0.5, 0.6) is 0 Å². The Balaban J connectivity index is 3.00. The van der Waals surface area contributed by atoms with Gasteiger partial charge >= 0.3 is 6.03 Å². The largest absolute Gasteiger partial charge is 0.351 e. The number of amides is 2. The van der Waals surface area contributed by atoms with Crippen LogP contribution >= 0.6 is 0 Å². The zero-order valence-electron chi connectivity index (χ0n) is 7.81. The molecule has 3 nitrogen and oxygen atoms in total. The maximum atomic E-state index is 10.9. The van der Waals surface area contributed by atoms with E-state index in [4.69, 9.17) is 5.73 Å². The number of primary amides is 1. The number of urea groups is 1. The second-order valence-electron chi connectivity index (χ2n) is 2.69. The molecule has 2 N–H and O–H groups in total. The van der Waals surface area contributed by atoms with Gasteiger partial charge in [-0.25, -0.2) is 4.79 Å². The Kier molecular flexibility index (Phi) is 3.07. The summed E-state index contributed by atoms with van der Waals surface area (Å²) >= 11 is 0. The summed E-state index contributed by atoms with van der Waals surface area (Å²) in [5, 5.41) is 0. The molecule has 14 heavy (non-hydrogen) atoms. The van der Waals surface area contributed by atoms with Crippen LogP contribution in [0.25, 0.3) is 6.08 Å². The Morgan fingerprint density at radius 2 is 1.86 bits per heavy atom. The van der Waals surface area contributed by atoms with E-state index in [1.54, 1.807) is 18.2 Å². The molecule has 3 heteroatoms. The van der Waals surface area contributed by atoms with Gasteiger partial charge in [-0.3, -0.25) is 4.90 Å². The maximum absolute atomic E-state index is 10.9. The minimum absolute atomic E-state index is 0.550. The topological polar surface area (TPSA) is 46.3 Å². The van der Waals surface area contributed by atoms with Crippen molar-refractivity contribution in [2.45, 2.75) is 0 Å². The molecule has 2 amide bonds. The Morgan fingerprint density at radius 3 is 2.21 bits per heavy atom. The van der Waals surface area contributed by atoms with Gasteiger partial charge in [-0.15, -0.1) is 0 Å². The third-order valence-electron chi connectivity index (χ3n) is 1.83. The van der Waals surface area contributed by atoms with E-state index >= 15 is 0 Å². The molecule has 0 aliphatic heterocycles. The zero-order chi connectivity index (χ0) is 10.6. The van der Waals surface area contributed by atoms with Gasteiger partial charge in [0.1, 0.15) is 0 Å². The van der Waals surface area contributed by atoms with Crippen LogP contribution in [0.2, 0.25) is 0 Å². The average Bonchev–Trinajstić information content (AvgIpc) is 2.19. The Bertz CT molecular complexity index is 354. The number of rotatable bonds is 3. The van der Waals surface area contributed by atoms with Gasteiger partial charge in [0.15, 0.2) is 0 Å². The number of hydrogen-bond acceptors (Lipinski definition) is 1. The van der Waals surface area contributed by atoms with E-state index in [0.29, 0.717) is 5.69 Å². The van der Waals surface area contributed by atoms with Crippen molar-refractivity contribution in [2.75, 3.05) is 4.90 Å². The third kappa shape index (κ3) is 2.01. The molecule has 0 aromatic heterocycles. The molecule has 0 atom stereocenters. The molecule has 1 rings (SSSR count). The molecule has 0 saturated heterocycles. The van der Waals surface area contributed by atoms with Crippen LogP contribution in [0.1, 0.15) is 5.56 Å². The molecule has 0 aliphatic rings. The highest BCUT2D eigenvalue weighted by Crippen LogP contribution is 2.15. The summed E-state index contributed by atoms with van der Waals surface area (Å²) in [7, 11) is 0. The first-order valence-corrected chi connectivity index (χ1v) is 4.12. The first kappa shape index (κ1) is 10.1. The number of hydrogen-bond donors (Lipinski definition) is 1. The van der Waals surface area contributed by atoms with Gasteiger partial charge in [0, 0.05) is 6.20 Å². The van der Waals surface area contributed by atoms with Crippen molar-refractivity contribution in [2.24, 2.45) is 5.73 Å². The first-order valence-electron chi connectivity index (χ1n) is 4.12. The monoisotopic (exact) mass is 188 g/mol. The van der Waals surface area contributed by atoms with Gasteiger partial charge in [0.05, 0.1) is 5.69 Å². The lowest BCUT2D eigenvalue weighted by atomic mass is 10.2. The summed E-state index contributed by atoms with van der Waals surface area (Å²) < 4.78 is 0. The Hall–Kier alpha value is -2.03. The van der Waals surface area contributed by atoms with Crippen LogP contribution in [-0.2, 0) is 0 Å². The van der Waals surface area contributed by atoms with Gasteiger partial charge in [0.2, 0.25) is 0 Å². The summed E-state index contributed by atoms with van der Waals surface area (Å²) in [5.41, 5.74) is 6.83. The maximum Gasteiger partial charge on any atom is 0.323 e. The van der Waals surface area contributed by atoms with Gasteiger partial charge in [-0.2, -0.15) is 0 Å². The van der Waals surface area contributed by atoms with Gasteiger partial charge in [-0.05, 0) is 17.7 Å². The highest BCUT2D eigenvalue weighted by molar-refractivity contribution is 5.92. The van der Waals surface area contributed by atoms with Crippen molar-refractivity contribution in [3.63, 3.8) is 0 Å². The summed E-state index contributed by atoms with van der Waals surface area (Å²) in [6.45, 7) is 7.14. The van der Waals surface area contributed by atoms with Crippen molar-refractivity contribution < 1.29 is 4.79 Å². The van der Waals surface area contributed by atoms with Crippen molar-refractivity contribution in [3.8, 4) is 0 Å². The van der Waals surface area contributed by atoms with Crippen LogP contribution in [0.4, 0.5) is 10.5 Å². The summed E-state index contributed by atoms with van der Waals surface area (Å²) in [6.07, 6.45) is 3.11. The van der Waals surface area contributed by atoms with Gasteiger partial charge in [-0.1, -0.05) is 31.4 Å². The molecule has 0 heterocycles. The number of nitrogens with two attached hydrogens (primary N) is 1. The molecule has 0 aliphatic carbocycles.